The van der Waals surface area contributed by atoms with Gasteiger partial charge in [0.2, 0.25) is 0 Å². The van der Waals surface area contributed by atoms with Gasteiger partial charge in [-0.1, -0.05) is 109 Å². The molecule has 376 valence electrons. The van der Waals surface area contributed by atoms with Crippen LogP contribution in [0.2, 0.25) is 0 Å². The molecule has 0 saturated carbocycles. The van der Waals surface area contributed by atoms with Gasteiger partial charge in [0.25, 0.3) is 16.7 Å². The van der Waals surface area contributed by atoms with Crippen molar-refractivity contribution in [3.8, 4) is 34.6 Å². The summed E-state index contributed by atoms with van der Waals surface area (Å²) in [6.45, 7) is 0. The van der Waals surface area contributed by atoms with Crippen molar-refractivity contribution in [1.29, 1.82) is 10.5 Å². The van der Waals surface area contributed by atoms with E-state index in [2.05, 4.69) is 63.8 Å². The lowest BCUT2D eigenvalue weighted by atomic mass is 9.77. The van der Waals surface area contributed by atoms with Crippen LogP contribution in [0, 0.1) is 29.8 Å². The van der Waals surface area contributed by atoms with Gasteiger partial charge < -0.3 is 35.1 Å². The SMILES string of the molecule is N#Cc1ccccc1-c1cc(Br)cn(-c2ccccc2)c1=O.N#Cc1ccccc1B(O)O.O=c1[nH]cc(Br)cc1I.O=c1c(I)cc(Br)cn1-c1ccccc1.OB(O)c1ccccc1.OB(O)c1ccccn1. The summed E-state index contributed by atoms with van der Waals surface area (Å²) in [5.41, 5.74) is 4.42. The number of para-hydroxylation sites is 2. The maximum absolute atomic E-state index is 12.8. The third kappa shape index (κ3) is 20.2. The van der Waals surface area contributed by atoms with Crippen molar-refractivity contribution >= 4 is 131 Å². The van der Waals surface area contributed by atoms with E-state index in [4.69, 9.17) is 35.4 Å². The Morgan fingerprint density at radius 3 is 1.44 bits per heavy atom. The number of nitriles is 2. The van der Waals surface area contributed by atoms with E-state index in [1.54, 1.807) is 113 Å². The van der Waals surface area contributed by atoms with E-state index in [-0.39, 0.29) is 27.7 Å². The average molecular weight is 1420 g/mol. The summed E-state index contributed by atoms with van der Waals surface area (Å²) in [5, 5.41) is 69.4. The van der Waals surface area contributed by atoms with Crippen LogP contribution in [0.3, 0.4) is 0 Å². The zero-order chi connectivity index (χ0) is 54.9. The number of hydrogen-bond acceptors (Lipinski definition) is 12. The number of rotatable bonds is 6. The molecular formula is C52H40B3Br3I2N6O9. The van der Waals surface area contributed by atoms with Gasteiger partial charge in [-0.05, 0) is 171 Å². The van der Waals surface area contributed by atoms with Gasteiger partial charge in [-0.15, -0.1) is 0 Å². The second-order valence-electron chi connectivity index (χ2n) is 14.7. The fourth-order valence-corrected chi connectivity index (χ4v) is 9.20. The number of benzene rings is 5. The van der Waals surface area contributed by atoms with Gasteiger partial charge in [-0.3, -0.25) is 28.5 Å². The smallest absolute Gasteiger partial charge is 0.423 e. The quantitative estimate of drug-likeness (QED) is 0.0700. The molecule has 7 N–H and O–H groups in total. The summed E-state index contributed by atoms with van der Waals surface area (Å²) >= 11 is 14.1. The van der Waals surface area contributed by atoms with Gasteiger partial charge in [-0.2, -0.15) is 10.5 Å². The minimum absolute atomic E-state index is 0.00463. The van der Waals surface area contributed by atoms with E-state index in [1.165, 1.54) is 18.3 Å². The molecule has 0 atom stereocenters. The number of nitrogens with one attached hydrogen (secondary N) is 1. The Morgan fingerprint density at radius 2 is 0.987 bits per heavy atom. The average Bonchev–Trinajstić information content (AvgIpc) is 3.43. The largest absolute Gasteiger partial charge is 0.508 e. The summed E-state index contributed by atoms with van der Waals surface area (Å²) in [7, 11) is -4.36. The summed E-state index contributed by atoms with van der Waals surface area (Å²) < 4.78 is 7.17. The van der Waals surface area contributed by atoms with Gasteiger partial charge in [0, 0.05) is 60.7 Å². The molecule has 9 aromatic rings. The van der Waals surface area contributed by atoms with Crippen molar-refractivity contribution in [3.63, 3.8) is 0 Å². The maximum Gasteiger partial charge on any atom is 0.508 e. The molecule has 0 saturated heterocycles. The van der Waals surface area contributed by atoms with Gasteiger partial charge >= 0.3 is 21.4 Å². The van der Waals surface area contributed by atoms with Crippen LogP contribution in [0.15, 0.2) is 229 Å². The van der Waals surface area contributed by atoms with Crippen molar-refractivity contribution in [2.75, 3.05) is 0 Å². The first kappa shape index (κ1) is 61.5. The van der Waals surface area contributed by atoms with Crippen molar-refractivity contribution in [2.24, 2.45) is 0 Å². The number of aromatic nitrogens is 4. The Balaban J connectivity index is 0.000000203. The number of H-pyrrole nitrogens is 1. The van der Waals surface area contributed by atoms with Gasteiger partial charge in [0.05, 0.1) is 36.0 Å². The monoisotopic (exact) mass is 1420 g/mol. The van der Waals surface area contributed by atoms with Crippen LogP contribution in [0.25, 0.3) is 22.5 Å². The van der Waals surface area contributed by atoms with Crippen LogP contribution in [0.4, 0.5) is 0 Å². The fraction of sp³-hybridized carbons (Fsp3) is 0. The highest BCUT2D eigenvalue weighted by Crippen LogP contribution is 2.24. The molecule has 15 nitrogen and oxygen atoms in total. The Kier molecular flexibility index (Phi) is 26.6. The maximum atomic E-state index is 12.8. The Hall–Kier alpha value is -6.07. The van der Waals surface area contributed by atoms with E-state index in [1.807, 2.05) is 130 Å². The molecule has 23 heteroatoms. The first-order valence-electron chi connectivity index (χ1n) is 21.6. The third-order valence-electron chi connectivity index (χ3n) is 9.56. The zero-order valence-electron chi connectivity index (χ0n) is 38.8. The second-order valence-corrected chi connectivity index (χ2v) is 19.8. The molecule has 0 fully saturated rings. The Labute approximate surface area is 484 Å². The summed E-state index contributed by atoms with van der Waals surface area (Å²) in [4.78, 5) is 41.6. The minimum Gasteiger partial charge on any atom is -0.423 e. The predicted octanol–water partition coefficient (Wildman–Crippen LogP) is 6.45. The molecule has 0 aliphatic rings. The van der Waals surface area contributed by atoms with E-state index in [9.17, 15) is 19.6 Å². The lowest BCUT2D eigenvalue weighted by Gasteiger charge is -2.10. The molecule has 0 radical (unpaired) electrons. The zero-order valence-corrected chi connectivity index (χ0v) is 47.9. The summed E-state index contributed by atoms with van der Waals surface area (Å²) in [6.07, 6.45) is 6.63. The van der Waals surface area contributed by atoms with Crippen LogP contribution in [0.1, 0.15) is 11.1 Å². The molecule has 0 aliphatic carbocycles. The predicted molar refractivity (Wildman–Crippen MR) is 321 cm³/mol. The topological polar surface area (TPSA) is 259 Å². The molecule has 0 amide bonds. The van der Waals surface area contributed by atoms with Crippen LogP contribution in [-0.2, 0) is 0 Å². The van der Waals surface area contributed by atoms with Gasteiger partial charge in [0.1, 0.15) is 0 Å². The lowest BCUT2D eigenvalue weighted by Crippen LogP contribution is -2.31. The first-order valence-corrected chi connectivity index (χ1v) is 26.2. The van der Waals surface area contributed by atoms with Crippen molar-refractivity contribution in [3.05, 3.63) is 263 Å². The molecule has 0 bridgehead atoms. The normalized spacial score (nSPS) is 9.67. The van der Waals surface area contributed by atoms with Crippen LogP contribution >= 0.6 is 93.0 Å². The number of hydrogen-bond donors (Lipinski definition) is 7. The third-order valence-corrected chi connectivity index (χ3v) is 12.5. The molecular weight excluding hydrogens is 1380 g/mol. The summed E-state index contributed by atoms with van der Waals surface area (Å²) in [6, 6.07) is 55.4. The molecule has 75 heavy (non-hydrogen) atoms. The Bertz CT molecular complexity index is 3460. The molecule has 5 aromatic carbocycles. The highest BCUT2D eigenvalue weighted by atomic mass is 127. The van der Waals surface area contributed by atoms with Gasteiger partial charge in [0.15, 0.2) is 0 Å². The van der Waals surface area contributed by atoms with E-state index < -0.39 is 21.4 Å². The number of nitrogens with zero attached hydrogens (tertiary/aromatic N) is 5. The lowest BCUT2D eigenvalue weighted by molar-refractivity contribution is 0.423. The fourth-order valence-electron chi connectivity index (χ4n) is 6.04. The summed E-state index contributed by atoms with van der Waals surface area (Å²) in [5.74, 6) is 0. The molecule has 4 aromatic heterocycles. The van der Waals surface area contributed by atoms with E-state index in [0.29, 0.717) is 34.9 Å². The van der Waals surface area contributed by atoms with Crippen LogP contribution < -0.4 is 33.2 Å². The molecule has 4 heterocycles. The second kappa shape index (κ2) is 32.4. The number of halogens is 5. The van der Waals surface area contributed by atoms with Crippen molar-refractivity contribution in [2.45, 2.75) is 0 Å². The molecule has 0 aliphatic heterocycles. The highest BCUT2D eigenvalue weighted by Gasteiger charge is 2.15. The van der Waals surface area contributed by atoms with Crippen molar-refractivity contribution in [1.82, 2.24) is 19.1 Å². The molecule has 9 rings (SSSR count). The highest BCUT2D eigenvalue weighted by molar-refractivity contribution is 14.1. The standard InChI is InChI=1S/C18H11BrN2O.C11H7BrINO.C7H6BNO2.C6H7BO2.C5H6BNO2.C5H3BrINO/c19-14-10-17(16-9-5-4-6-13(16)11-20)18(22)21(12-14)15-7-2-1-3-8-15;12-8-6-10(13)11(15)14(7-8)9-4-2-1-3-5-9;9-5-6-3-1-2-4-7(6)8(10)11;8-7(9)6-4-2-1-3-5-6;8-6(9)5-3-1-2-4-7-5;6-3-1-4(7)5(9)8-2-3/h1-10,12H;1-7H;1-4,10-11H;1-5,8-9H;1-4,8-9H;1-2H,(H,8,9). The van der Waals surface area contributed by atoms with Crippen LogP contribution in [-0.4, -0.2) is 70.6 Å². The molecule has 0 spiro atoms. The van der Waals surface area contributed by atoms with E-state index in [0.717, 1.165) is 24.8 Å². The van der Waals surface area contributed by atoms with Crippen molar-refractivity contribution < 1.29 is 30.1 Å². The van der Waals surface area contributed by atoms with Gasteiger partial charge in [-0.25, -0.2) is 0 Å². The van der Waals surface area contributed by atoms with Crippen LogP contribution in [0.5, 0.6) is 0 Å². The van der Waals surface area contributed by atoms with E-state index >= 15 is 0 Å². The molecule has 0 unspecified atom stereocenters. The Morgan fingerprint density at radius 1 is 0.507 bits per heavy atom. The first-order chi connectivity index (χ1) is 35.9. The minimum atomic E-state index is -1.56. The number of aromatic amines is 1. The number of pyridine rings is 4.